The third-order valence-electron chi connectivity index (χ3n) is 1.91. The van der Waals surface area contributed by atoms with Crippen molar-refractivity contribution in [3.8, 4) is 0 Å². The summed E-state index contributed by atoms with van der Waals surface area (Å²) >= 11 is 0. The zero-order chi connectivity index (χ0) is 12.3. The maximum atomic E-state index is 13.2. The van der Waals surface area contributed by atoms with Crippen molar-refractivity contribution in [1.82, 2.24) is 0 Å². The number of rotatable bonds is 3. The molecule has 0 amide bonds. The van der Waals surface area contributed by atoms with Gasteiger partial charge < -0.3 is 5.32 Å². The number of nitrogens with one attached hydrogen (secondary N) is 1. The Morgan fingerprint density at radius 3 is 2.44 bits per heavy atom. The van der Waals surface area contributed by atoms with E-state index in [-0.39, 0.29) is 12.0 Å². The van der Waals surface area contributed by atoms with Crippen LogP contribution < -0.4 is 5.32 Å². The number of hydrogen-bond donors (Lipinski definition) is 1. The molecule has 0 aliphatic carbocycles. The van der Waals surface area contributed by atoms with E-state index in [2.05, 4.69) is 5.32 Å². The second-order valence-electron chi connectivity index (χ2n) is 3.07. The normalized spacial score (nSPS) is 11.3. The van der Waals surface area contributed by atoms with Gasteiger partial charge in [0.15, 0.2) is 6.29 Å². The van der Waals surface area contributed by atoms with E-state index in [1.807, 2.05) is 0 Å². The van der Waals surface area contributed by atoms with E-state index >= 15 is 0 Å². The first kappa shape index (κ1) is 12.5. The summed E-state index contributed by atoms with van der Waals surface area (Å²) in [6.07, 6.45) is -4.75. The Hall–Kier alpha value is -1.59. The Labute approximate surface area is 89.3 Å². The average Bonchev–Trinajstić information content (AvgIpc) is 2.19. The fourth-order valence-corrected chi connectivity index (χ4v) is 1.25. The molecule has 0 saturated heterocycles. The minimum absolute atomic E-state index is 0.0609. The lowest BCUT2D eigenvalue weighted by Gasteiger charge is -2.12. The molecule has 0 atom stereocenters. The maximum Gasteiger partial charge on any atom is 0.419 e. The molecule has 0 bridgehead atoms. The Bertz CT molecular complexity index is 401. The lowest BCUT2D eigenvalue weighted by Crippen LogP contribution is -2.11. The van der Waals surface area contributed by atoms with Gasteiger partial charge in [0, 0.05) is 12.2 Å². The molecule has 1 rings (SSSR count). The third kappa shape index (κ3) is 2.50. The maximum absolute atomic E-state index is 13.2. The molecule has 16 heavy (non-hydrogen) atoms. The van der Waals surface area contributed by atoms with Gasteiger partial charge in [0.05, 0.1) is 11.1 Å². The molecular weight excluding hydrogens is 226 g/mol. The number of carbonyl (C=O) groups is 1. The summed E-state index contributed by atoms with van der Waals surface area (Å²) in [6, 6.07) is 1.69. The van der Waals surface area contributed by atoms with Gasteiger partial charge in [-0.15, -0.1) is 0 Å². The van der Waals surface area contributed by atoms with Crippen molar-refractivity contribution in [3.63, 3.8) is 0 Å². The van der Waals surface area contributed by atoms with Gasteiger partial charge in [-0.2, -0.15) is 13.2 Å². The van der Waals surface area contributed by atoms with Gasteiger partial charge in [-0.25, -0.2) is 4.39 Å². The number of benzene rings is 1. The van der Waals surface area contributed by atoms with Crippen LogP contribution in [0.4, 0.5) is 23.2 Å². The zero-order valence-electron chi connectivity index (χ0n) is 8.36. The topological polar surface area (TPSA) is 29.1 Å². The summed E-state index contributed by atoms with van der Waals surface area (Å²) in [5.41, 5.74) is -1.97. The van der Waals surface area contributed by atoms with E-state index in [4.69, 9.17) is 0 Å². The van der Waals surface area contributed by atoms with E-state index in [0.717, 1.165) is 6.07 Å². The molecule has 0 saturated carbocycles. The Kier molecular flexibility index (Phi) is 3.51. The summed E-state index contributed by atoms with van der Waals surface area (Å²) in [6.45, 7) is 2.05. The monoisotopic (exact) mass is 235 g/mol. The fraction of sp³-hybridized carbons (Fsp3) is 0.300. The van der Waals surface area contributed by atoms with Crippen LogP contribution in [0.25, 0.3) is 0 Å². The number of alkyl halides is 3. The second-order valence-corrected chi connectivity index (χ2v) is 3.07. The van der Waals surface area contributed by atoms with Gasteiger partial charge in [-0.1, -0.05) is 0 Å². The lowest BCUT2D eigenvalue weighted by atomic mass is 10.1. The second kappa shape index (κ2) is 4.51. The molecule has 6 heteroatoms. The van der Waals surface area contributed by atoms with Crippen molar-refractivity contribution in [1.29, 1.82) is 0 Å². The standard InChI is InChI=1S/C10H9F4NO/c1-2-15-7-3-6(5-16)9(11)8(4-7)10(12,13)14/h3-5,15H,2H2,1H3. The number of aldehydes is 1. The van der Waals surface area contributed by atoms with E-state index < -0.39 is 23.1 Å². The number of hydrogen-bond acceptors (Lipinski definition) is 2. The predicted molar refractivity (Wildman–Crippen MR) is 51.0 cm³/mol. The molecule has 0 heterocycles. The minimum Gasteiger partial charge on any atom is -0.385 e. The van der Waals surface area contributed by atoms with Gasteiger partial charge in [-0.05, 0) is 19.1 Å². The molecule has 0 radical (unpaired) electrons. The van der Waals surface area contributed by atoms with Gasteiger partial charge in [-0.3, -0.25) is 4.79 Å². The highest BCUT2D eigenvalue weighted by atomic mass is 19.4. The van der Waals surface area contributed by atoms with Crippen LogP contribution in [-0.2, 0) is 6.18 Å². The molecule has 1 aromatic rings. The zero-order valence-corrected chi connectivity index (χ0v) is 8.36. The van der Waals surface area contributed by atoms with Crippen LogP contribution in [0.2, 0.25) is 0 Å². The van der Waals surface area contributed by atoms with E-state index in [0.29, 0.717) is 12.6 Å². The SMILES string of the molecule is CCNc1cc(C=O)c(F)c(C(F)(F)F)c1. The summed E-state index contributed by atoms with van der Waals surface area (Å²) in [5, 5.41) is 2.60. The molecule has 0 spiro atoms. The van der Waals surface area contributed by atoms with Crippen molar-refractivity contribution < 1.29 is 22.4 Å². The molecule has 1 aromatic carbocycles. The van der Waals surface area contributed by atoms with Crippen LogP contribution >= 0.6 is 0 Å². The van der Waals surface area contributed by atoms with E-state index in [1.165, 1.54) is 0 Å². The molecule has 1 N–H and O–H groups in total. The molecule has 0 fully saturated rings. The van der Waals surface area contributed by atoms with Crippen LogP contribution in [0.1, 0.15) is 22.8 Å². The largest absolute Gasteiger partial charge is 0.419 e. The van der Waals surface area contributed by atoms with E-state index in [1.54, 1.807) is 6.92 Å². The summed E-state index contributed by atoms with van der Waals surface area (Å²) in [7, 11) is 0. The molecule has 88 valence electrons. The van der Waals surface area contributed by atoms with Crippen molar-refractivity contribution in [2.24, 2.45) is 0 Å². The molecule has 2 nitrogen and oxygen atoms in total. The van der Waals surface area contributed by atoms with Crippen LogP contribution in [0, 0.1) is 5.82 Å². The number of anilines is 1. The van der Waals surface area contributed by atoms with Crippen LogP contribution in [0.15, 0.2) is 12.1 Å². The Morgan fingerprint density at radius 1 is 1.38 bits per heavy atom. The minimum atomic E-state index is -4.81. The Morgan fingerprint density at radius 2 is 2.00 bits per heavy atom. The van der Waals surface area contributed by atoms with Gasteiger partial charge in [0.25, 0.3) is 0 Å². The van der Waals surface area contributed by atoms with Crippen molar-refractivity contribution >= 4 is 12.0 Å². The highest BCUT2D eigenvalue weighted by Gasteiger charge is 2.35. The van der Waals surface area contributed by atoms with Crippen LogP contribution in [0.5, 0.6) is 0 Å². The highest BCUT2D eigenvalue weighted by molar-refractivity contribution is 5.78. The van der Waals surface area contributed by atoms with Crippen LogP contribution in [-0.4, -0.2) is 12.8 Å². The quantitative estimate of drug-likeness (QED) is 0.644. The van der Waals surface area contributed by atoms with Crippen molar-refractivity contribution in [3.05, 3.63) is 29.1 Å². The van der Waals surface area contributed by atoms with Crippen molar-refractivity contribution in [2.75, 3.05) is 11.9 Å². The molecule has 0 unspecified atom stereocenters. The van der Waals surface area contributed by atoms with Crippen molar-refractivity contribution in [2.45, 2.75) is 13.1 Å². The fourth-order valence-electron chi connectivity index (χ4n) is 1.25. The lowest BCUT2D eigenvalue weighted by molar-refractivity contribution is -0.139. The summed E-state index contributed by atoms with van der Waals surface area (Å²) < 4.78 is 50.4. The van der Waals surface area contributed by atoms with Gasteiger partial charge in [0.2, 0.25) is 0 Å². The third-order valence-corrected chi connectivity index (χ3v) is 1.91. The number of carbonyl (C=O) groups excluding carboxylic acids is 1. The first-order chi connectivity index (χ1) is 7.40. The van der Waals surface area contributed by atoms with Crippen LogP contribution in [0.3, 0.4) is 0 Å². The predicted octanol–water partition coefficient (Wildman–Crippen LogP) is 3.09. The molecule has 0 aromatic heterocycles. The summed E-state index contributed by atoms with van der Waals surface area (Å²) in [4.78, 5) is 10.4. The smallest absolute Gasteiger partial charge is 0.385 e. The Balaban J connectivity index is 3.36. The number of halogens is 4. The highest BCUT2D eigenvalue weighted by Crippen LogP contribution is 2.34. The summed E-state index contributed by atoms with van der Waals surface area (Å²) in [5.74, 6) is -1.54. The first-order valence-electron chi connectivity index (χ1n) is 4.50. The average molecular weight is 235 g/mol. The van der Waals surface area contributed by atoms with Gasteiger partial charge >= 0.3 is 6.18 Å². The molecule has 0 aliphatic heterocycles. The van der Waals surface area contributed by atoms with Gasteiger partial charge in [0.1, 0.15) is 5.82 Å². The first-order valence-corrected chi connectivity index (χ1v) is 4.50. The van der Waals surface area contributed by atoms with E-state index in [9.17, 15) is 22.4 Å². The molecular formula is C10H9F4NO. The molecule has 0 aliphatic rings.